The summed E-state index contributed by atoms with van der Waals surface area (Å²) in [6.07, 6.45) is 4.38. The first kappa shape index (κ1) is 17.4. The molecule has 2 aliphatic rings. The topological polar surface area (TPSA) is 41.6 Å². The highest BCUT2D eigenvalue weighted by Crippen LogP contribution is 2.22. The second-order valence-corrected chi connectivity index (χ2v) is 7.27. The van der Waals surface area contributed by atoms with E-state index in [4.69, 9.17) is 4.74 Å². The second kappa shape index (κ2) is 8.63. The Morgan fingerprint density at radius 1 is 1.25 bits per heavy atom. The van der Waals surface area contributed by atoms with Crippen LogP contribution in [0.3, 0.4) is 0 Å². The van der Waals surface area contributed by atoms with Crippen molar-refractivity contribution < 1.29 is 9.53 Å². The van der Waals surface area contributed by atoms with Crippen LogP contribution in [0, 0.1) is 5.92 Å². The molecule has 2 atom stereocenters. The van der Waals surface area contributed by atoms with Crippen LogP contribution in [-0.2, 0) is 9.53 Å². The summed E-state index contributed by atoms with van der Waals surface area (Å²) in [5, 5.41) is 3.09. The van der Waals surface area contributed by atoms with Crippen molar-refractivity contribution in [3.05, 3.63) is 35.9 Å². The number of benzene rings is 1. The maximum atomic E-state index is 12.3. The van der Waals surface area contributed by atoms with Gasteiger partial charge < -0.3 is 15.0 Å². The SMILES string of the molecule is CC(CN1CCC(C(=O)NCC2CCCO2)CC1)c1ccccc1. The van der Waals surface area contributed by atoms with Gasteiger partial charge in [0.2, 0.25) is 5.91 Å². The Morgan fingerprint density at radius 3 is 2.67 bits per heavy atom. The minimum atomic E-state index is 0.176. The molecule has 2 saturated heterocycles. The van der Waals surface area contributed by atoms with E-state index in [2.05, 4.69) is 47.5 Å². The van der Waals surface area contributed by atoms with Crippen LogP contribution in [0.4, 0.5) is 0 Å². The monoisotopic (exact) mass is 330 g/mol. The molecule has 0 saturated carbocycles. The lowest BCUT2D eigenvalue weighted by Crippen LogP contribution is -2.43. The molecule has 2 fully saturated rings. The molecule has 2 heterocycles. The standard InChI is InChI=1S/C20H30N2O2/c1-16(17-6-3-2-4-7-17)15-22-11-9-18(10-12-22)20(23)21-14-19-8-5-13-24-19/h2-4,6-7,16,18-19H,5,8-15H2,1H3,(H,21,23). The molecule has 4 heteroatoms. The van der Waals surface area contributed by atoms with Crippen molar-refractivity contribution in [1.29, 1.82) is 0 Å². The molecular weight excluding hydrogens is 300 g/mol. The van der Waals surface area contributed by atoms with Gasteiger partial charge in [-0.2, -0.15) is 0 Å². The van der Waals surface area contributed by atoms with E-state index in [0.717, 1.165) is 51.9 Å². The lowest BCUT2D eigenvalue weighted by atomic mass is 9.94. The van der Waals surface area contributed by atoms with Gasteiger partial charge in [0.25, 0.3) is 0 Å². The van der Waals surface area contributed by atoms with Crippen molar-refractivity contribution in [2.24, 2.45) is 5.92 Å². The molecule has 2 aliphatic heterocycles. The molecule has 1 N–H and O–H groups in total. The number of ether oxygens (including phenoxy) is 1. The zero-order chi connectivity index (χ0) is 16.8. The normalized spacial score (nSPS) is 24.0. The third-order valence-corrected chi connectivity index (χ3v) is 5.39. The number of carbonyl (C=O) groups excluding carboxylic acids is 1. The molecule has 2 unspecified atom stereocenters. The number of hydrogen-bond acceptors (Lipinski definition) is 3. The first-order valence-electron chi connectivity index (χ1n) is 9.39. The third-order valence-electron chi connectivity index (χ3n) is 5.39. The van der Waals surface area contributed by atoms with E-state index >= 15 is 0 Å². The fraction of sp³-hybridized carbons (Fsp3) is 0.650. The van der Waals surface area contributed by atoms with E-state index in [9.17, 15) is 4.79 Å². The van der Waals surface area contributed by atoms with Crippen LogP contribution in [0.5, 0.6) is 0 Å². The molecule has 0 spiro atoms. The van der Waals surface area contributed by atoms with Gasteiger partial charge in [-0.1, -0.05) is 37.3 Å². The Bertz CT molecular complexity index is 506. The van der Waals surface area contributed by atoms with E-state index in [1.807, 2.05) is 0 Å². The zero-order valence-corrected chi connectivity index (χ0v) is 14.7. The first-order chi connectivity index (χ1) is 11.7. The number of hydrogen-bond donors (Lipinski definition) is 1. The van der Waals surface area contributed by atoms with Crippen LogP contribution in [-0.4, -0.2) is 49.7 Å². The second-order valence-electron chi connectivity index (χ2n) is 7.27. The van der Waals surface area contributed by atoms with Crippen LogP contribution >= 0.6 is 0 Å². The summed E-state index contributed by atoms with van der Waals surface area (Å²) in [4.78, 5) is 14.8. The van der Waals surface area contributed by atoms with E-state index < -0.39 is 0 Å². The molecule has 24 heavy (non-hydrogen) atoms. The number of carbonyl (C=O) groups is 1. The molecule has 132 valence electrons. The highest BCUT2D eigenvalue weighted by Gasteiger charge is 2.26. The Balaban J connectivity index is 1.38. The van der Waals surface area contributed by atoms with Gasteiger partial charge in [0.1, 0.15) is 0 Å². The maximum Gasteiger partial charge on any atom is 0.223 e. The minimum absolute atomic E-state index is 0.176. The summed E-state index contributed by atoms with van der Waals surface area (Å²) < 4.78 is 5.57. The van der Waals surface area contributed by atoms with Crippen LogP contribution in [0.15, 0.2) is 30.3 Å². The largest absolute Gasteiger partial charge is 0.376 e. The first-order valence-corrected chi connectivity index (χ1v) is 9.39. The summed E-state index contributed by atoms with van der Waals surface area (Å²) in [7, 11) is 0. The van der Waals surface area contributed by atoms with Crippen molar-refractivity contribution in [3.63, 3.8) is 0 Å². The molecule has 0 aromatic heterocycles. The van der Waals surface area contributed by atoms with Crippen molar-refractivity contribution in [2.75, 3.05) is 32.8 Å². The summed E-state index contributed by atoms with van der Waals surface area (Å²) in [6.45, 7) is 6.94. The average molecular weight is 330 g/mol. The van der Waals surface area contributed by atoms with Gasteiger partial charge in [-0.15, -0.1) is 0 Å². The van der Waals surface area contributed by atoms with Gasteiger partial charge in [-0.3, -0.25) is 4.79 Å². The minimum Gasteiger partial charge on any atom is -0.376 e. The van der Waals surface area contributed by atoms with Crippen molar-refractivity contribution in [1.82, 2.24) is 10.2 Å². The molecule has 1 aromatic rings. The van der Waals surface area contributed by atoms with Crippen LogP contribution in [0.2, 0.25) is 0 Å². The third kappa shape index (κ3) is 4.81. The Kier molecular flexibility index (Phi) is 6.27. The molecule has 4 nitrogen and oxygen atoms in total. The van der Waals surface area contributed by atoms with Gasteiger partial charge in [-0.25, -0.2) is 0 Å². The fourth-order valence-corrected chi connectivity index (χ4v) is 3.82. The molecule has 0 aliphatic carbocycles. The Morgan fingerprint density at radius 2 is 2.00 bits per heavy atom. The summed E-state index contributed by atoms with van der Waals surface area (Å²) >= 11 is 0. The quantitative estimate of drug-likeness (QED) is 0.872. The summed E-state index contributed by atoms with van der Waals surface area (Å²) in [5.41, 5.74) is 1.40. The molecule has 1 amide bonds. The smallest absolute Gasteiger partial charge is 0.223 e. The van der Waals surface area contributed by atoms with Gasteiger partial charge in [0, 0.05) is 25.6 Å². The van der Waals surface area contributed by atoms with E-state index in [0.29, 0.717) is 12.5 Å². The fourth-order valence-electron chi connectivity index (χ4n) is 3.82. The van der Waals surface area contributed by atoms with Crippen molar-refractivity contribution in [2.45, 2.75) is 44.6 Å². The number of likely N-dealkylation sites (tertiary alicyclic amines) is 1. The van der Waals surface area contributed by atoms with Gasteiger partial charge in [0.15, 0.2) is 0 Å². The highest BCUT2D eigenvalue weighted by molar-refractivity contribution is 5.78. The Labute approximate surface area is 145 Å². The molecule has 0 radical (unpaired) electrons. The molecule has 1 aromatic carbocycles. The van der Waals surface area contributed by atoms with E-state index in [1.165, 1.54) is 5.56 Å². The lowest BCUT2D eigenvalue weighted by molar-refractivity contribution is -0.126. The zero-order valence-electron chi connectivity index (χ0n) is 14.7. The maximum absolute atomic E-state index is 12.3. The predicted octanol–water partition coefficient (Wildman–Crippen LogP) is 2.80. The molecule has 3 rings (SSSR count). The van der Waals surface area contributed by atoms with Gasteiger partial charge in [0.05, 0.1) is 6.10 Å². The van der Waals surface area contributed by atoms with Gasteiger partial charge >= 0.3 is 0 Å². The number of nitrogens with zero attached hydrogens (tertiary/aromatic N) is 1. The van der Waals surface area contributed by atoms with Gasteiger partial charge in [-0.05, 0) is 50.3 Å². The van der Waals surface area contributed by atoms with Crippen molar-refractivity contribution >= 4 is 5.91 Å². The predicted molar refractivity (Wildman–Crippen MR) is 96.0 cm³/mol. The lowest BCUT2D eigenvalue weighted by Gasteiger charge is -2.33. The number of rotatable bonds is 6. The van der Waals surface area contributed by atoms with Crippen molar-refractivity contribution in [3.8, 4) is 0 Å². The number of amides is 1. The molecular formula is C20H30N2O2. The van der Waals surface area contributed by atoms with Crippen LogP contribution < -0.4 is 5.32 Å². The number of nitrogens with one attached hydrogen (secondary N) is 1. The van der Waals surface area contributed by atoms with Crippen LogP contribution in [0.1, 0.15) is 44.1 Å². The average Bonchev–Trinajstić information content (AvgIpc) is 3.14. The van der Waals surface area contributed by atoms with Crippen LogP contribution in [0.25, 0.3) is 0 Å². The van der Waals surface area contributed by atoms with E-state index in [1.54, 1.807) is 0 Å². The number of piperidine rings is 1. The summed E-state index contributed by atoms with van der Waals surface area (Å²) in [5.74, 6) is 0.937. The highest BCUT2D eigenvalue weighted by atomic mass is 16.5. The Hall–Kier alpha value is -1.39. The summed E-state index contributed by atoms with van der Waals surface area (Å²) in [6, 6.07) is 10.7. The van der Waals surface area contributed by atoms with E-state index in [-0.39, 0.29) is 17.9 Å². The molecule has 0 bridgehead atoms.